The van der Waals surface area contributed by atoms with E-state index in [1.54, 1.807) is 29.3 Å². The van der Waals surface area contributed by atoms with Gasteiger partial charge in [-0.2, -0.15) is 0 Å². The topological polar surface area (TPSA) is 96.4 Å². The summed E-state index contributed by atoms with van der Waals surface area (Å²) < 4.78 is 26.2. The van der Waals surface area contributed by atoms with Gasteiger partial charge in [-0.25, -0.2) is 14.2 Å². The van der Waals surface area contributed by atoms with Crippen molar-refractivity contribution in [2.24, 2.45) is 4.99 Å². The Bertz CT molecular complexity index is 1170. The van der Waals surface area contributed by atoms with Crippen LogP contribution in [0.1, 0.15) is 35.8 Å². The lowest BCUT2D eigenvalue weighted by Crippen LogP contribution is -2.57. The van der Waals surface area contributed by atoms with E-state index in [0.717, 1.165) is 17.8 Å². The van der Waals surface area contributed by atoms with Crippen molar-refractivity contribution in [1.82, 2.24) is 9.88 Å². The molecule has 10 heteroatoms. The van der Waals surface area contributed by atoms with Crippen LogP contribution in [0, 0.1) is 5.82 Å². The number of piperazine rings is 1. The van der Waals surface area contributed by atoms with Crippen molar-refractivity contribution in [2.75, 3.05) is 43.6 Å². The molecule has 0 aliphatic carbocycles. The van der Waals surface area contributed by atoms with Gasteiger partial charge in [-0.05, 0) is 18.6 Å². The minimum Gasteiger partial charge on any atom is -0.493 e. The highest BCUT2D eigenvalue weighted by molar-refractivity contribution is 5.95. The maximum absolute atomic E-state index is 15.5. The van der Waals surface area contributed by atoms with Crippen molar-refractivity contribution in [1.29, 1.82) is 0 Å². The first-order valence-corrected chi connectivity index (χ1v) is 11.4. The van der Waals surface area contributed by atoms with E-state index in [9.17, 15) is 9.59 Å². The van der Waals surface area contributed by atoms with Gasteiger partial charge in [0.25, 0.3) is 0 Å². The summed E-state index contributed by atoms with van der Waals surface area (Å²) in [5.41, 5.74) is 3.17. The predicted octanol–water partition coefficient (Wildman–Crippen LogP) is 2.92. The number of amides is 1. The number of anilines is 2. The molecule has 1 N–H and O–H groups in total. The molecule has 1 aromatic heterocycles. The molecule has 1 atom stereocenters. The highest BCUT2D eigenvalue weighted by atomic mass is 19.1. The molecule has 1 saturated heterocycles. The van der Waals surface area contributed by atoms with Crippen LogP contribution in [0.4, 0.5) is 21.5 Å². The van der Waals surface area contributed by atoms with Crippen molar-refractivity contribution in [3.8, 4) is 5.75 Å². The van der Waals surface area contributed by atoms with E-state index in [-0.39, 0.29) is 30.7 Å². The third-order valence-electron chi connectivity index (χ3n) is 6.52. The van der Waals surface area contributed by atoms with Gasteiger partial charge >= 0.3 is 5.97 Å². The van der Waals surface area contributed by atoms with Crippen LogP contribution in [0.3, 0.4) is 0 Å². The van der Waals surface area contributed by atoms with Crippen molar-refractivity contribution in [2.45, 2.75) is 32.4 Å². The minimum absolute atomic E-state index is 0.0995. The molecule has 0 bridgehead atoms. The Kier molecular flexibility index (Phi) is 5.80. The molecular formula is C24H26FN5O4. The summed E-state index contributed by atoms with van der Waals surface area (Å²) in [6.45, 7) is 3.70. The predicted molar refractivity (Wildman–Crippen MR) is 125 cm³/mol. The number of carbonyl (C=O) groups excluding carboxylic acids is 2. The summed E-state index contributed by atoms with van der Waals surface area (Å²) >= 11 is 0. The van der Waals surface area contributed by atoms with Gasteiger partial charge in [0, 0.05) is 24.7 Å². The number of benzene rings is 1. The molecule has 34 heavy (non-hydrogen) atoms. The number of ether oxygens (including phenoxy) is 2. The third-order valence-corrected chi connectivity index (χ3v) is 6.52. The smallest absolute Gasteiger partial charge is 0.356 e. The van der Waals surface area contributed by atoms with E-state index in [4.69, 9.17) is 4.74 Å². The van der Waals surface area contributed by atoms with E-state index >= 15 is 4.39 Å². The maximum atomic E-state index is 15.5. The monoisotopic (exact) mass is 467 g/mol. The fourth-order valence-electron chi connectivity index (χ4n) is 4.60. The fraction of sp³-hybridized carbons (Fsp3) is 0.417. The van der Waals surface area contributed by atoms with Crippen LogP contribution in [0.25, 0.3) is 0 Å². The van der Waals surface area contributed by atoms with Crippen molar-refractivity contribution < 1.29 is 23.5 Å². The van der Waals surface area contributed by atoms with Gasteiger partial charge in [-0.3, -0.25) is 9.79 Å². The minimum atomic E-state index is -0.515. The molecule has 5 rings (SSSR count). The molecule has 2 aromatic rings. The summed E-state index contributed by atoms with van der Waals surface area (Å²) in [6, 6.07) is 4.95. The molecule has 178 valence electrons. The quantitative estimate of drug-likeness (QED) is 0.694. The number of carbonyl (C=O) groups is 2. The second-order valence-electron chi connectivity index (χ2n) is 8.53. The summed E-state index contributed by atoms with van der Waals surface area (Å²) in [6.07, 6.45) is 2.95. The van der Waals surface area contributed by atoms with E-state index in [0.29, 0.717) is 48.8 Å². The Morgan fingerprint density at radius 2 is 2.21 bits per heavy atom. The molecule has 0 saturated carbocycles. The summed E-state index contributed by atoms with van der Waals surface area (Å²) in [7, 11) is 1.30. The SMILES string of the molecule is CCC1=Nc2cc3c(c(F)c2NC1)CN1C(=O)CN(c2ccc(C(=O)OC)nc2)C[C@@H]1CCO3. The normalized spacial score (nSPS) is 19.4. The zero-order valence-electron chi connectivity index (χ0n) is 19.1. The highest BCUT2D eigenvalue weighted by Crippen LogP contribution is 2.41. The molecule has 0 unspecified atom stereocenters. The number of rotatable bonds is 3. The van der Waals surface area contributed by atoms with Crippen molar-refractivity contribution in [3.05, 3.63) is 41.5 Å². The van der Waals surface area contributed by atoms with Gasteiger partial charge in [-0.1, -0.05) is 6.92 Å². The second-order valence-corrected chi connectivity index (χ2v) is 8.53. The number of halogens is 1. The molecule has 1 fully saturated rings. The number of nitrogens with one attached hydrogen (secondary N) is 1. The van der Waals surface area contributed by atoms with Crippen LogP contribution in [-0.2, 0) is 16.1 Å². The summed E-state index contributed by atoms with van der Waals surface area (Å²) in [5, 5.41) is 3.13. The highest BCUT2D eigenvalue weighted by Gasteiger charge is 2.36. The molecule has 1 amide bonds. The lowest BCUT2D eigenvalue weighted by Gasteiger charge is -2.43. The molecule has 3 aliphatic rings. The maximum Gasteiger partial charge on any atom is 0.356 e. The first-order chi connectivity index (χ1) is 16.5. The van der Waals surface area contributed by atoms with E-state index in [1.165, 1.54) is 7.11 Å². The van der Waals surface area contributed by atoms with Crippen LogP contribution in [0.15, 0.2) is 29.4 Å². The first-order valence-electron chi connectivity index (χ1n) is 11.4. The lowest BCUT2D eigenvalue weighted by atomic mass is 10.0. The number of hydrogen-bond donors (Lipinski definition) is 1. The Balaban J connectivity index is 1.39. The van der Waals surface area contributed by atoms with Crippen LogP contribution in [0.5, 0.6) is 5.75 Å². The molecule has 9 nitrogen and oxygen atoms in total. The number of esters is 1. The zero-order valence-corrected chi connectivity index (χ0v) is 19.1. The van der Waals surface area contributed by atoms with E-state index in [1.807, 2.05) is 11.8 Å². The van der Waals surface area contributed by atoms with Crippen LogP contribution in [-0.4, -0.2) is 66.9 Å². The second kappa shape index (κ2) is 8.92. The van der Waals surface area contributed by atoms with Gasteiger partial charge in [0.2, 0.25) is 5.91 Å². The molecule has 4 heterocycles. The Morgan fingerprint density at radius 3 is 2.94 bits per heavy atom. The average molecular weight is 468 g/mol. The lowest BCUT2D eigenvalue weighted by molar-refractivity contribution is -0.135. The molecule has 0 radical (unpaired) electrons. The summed E-state index contributed by atoms with van der Waals surface area (Å²) in [4.78, 5) is 37.2. The van der Waals surface area contributed by atoms with E-state index in [2.05, 4.69) is 20.0 Å². The van der Waals surface area contributed by atoms with Gasteiger partial charge in [0.05, 0.1) is 68.2 Å². The molecule has 1 aromatic carbocycles. The summed E-state index contributed by atoms with van der Waals surface area (Å²) in [5.74, 6) is -0.587. The number of methoxy groups -OCH3 is 1. The molecular weight excluding hydrogens is 441 g/mol. The van der Waals surface area contributed by atoms with Crippen molar-refractivity contribution >= 4 is 34.7 Å². The number of aromatic nitrogens is 1. The molecule has 0 spiro atoms. The standard InChI is InChI=1S/C24H26FN5O4/c1-3-14-9-27-23-19(28-14)8-20-17(22(23)25)12-30-16(6-7-34-20)11-29(13-21(30)31)15-4-5-18(26-10-15)24(32)33-2/h4-5,8,10,16,27H,3,6-7,9,11-13H2,1-2H3/t16-/m0/s1. The number of hydrogen-bond acceptors (Lipinski definition) is 8. The van der Waals surface area contributed by atoms with Gasteiger partial charge in [-0.15, -0.1) is 0 Å². The van der Waals surface area contributed by atoms with Crippen molar-refractivity contribution in [3.63, 3.8) is 0 Å². The number of aliphatic imine (C=N–C) groups is 1. The Morgan fingerprint density at radius 1 is 1.35 bits per heavy atom. The van der Waals surface area contributed by atoms with Gasteiger partial charge in [0.1, 0.15) is 11.4 Å². The van der Waals surface area contributed by atoms with Crippen LogP contribution in [0.2, 0.25) is 0 Å². The third kappa shape index (κ3) is 3.93. The zero-order chi connectivity index (χ0) is 23.8. The van der Waals surface area contributed by atoms with Gasteiger partial charge < -0.3 is 24.6 Å². The average Bonchev–Trinajstić information content (AvgIpc) is 2.85. The Hall–Kier alpha value is -3.69. The molecule has 3 aliphatic heterocycles. The largest absolute Gasteiger partial charge is 0.493 e. The van der Waals surface area contributed by atoms with E-state index < -0.39 is 11.8 Å². The first kappa shape index (κ1) is 22.1. The van der Waals surface area contributed by atoms with Crippen LogP contribution < -0.4 is 15.0 Å². The number of pyridine rings is 1. The number of nitrogens with zero attached hydrogens (tertiary/aromatic N) is 4. The fourth-order valence-corrected chi connectivity index (χ4v) is 4.60. The van der Waals surface area contributed by atoms with Gasteiger partial charge in [0.15, 0.2) is 5.82 Å². The van der Waals surface area contributed by atoms with Crippen LogP contribution >= 0.6 is 0 Å². The number of fused-ring (bicyclic) bond motifs is 3. The Labute approximate surface area is 196 Å².